The Balaban J connectivity index is 1.94. The largest absolute Gasteiger partial charge is 0.457 e. The maximum Gasteiger partial charge on any atom is 0.245 e. The normalized spacial score (nSPS) is 23.8. The predicted molar refractivity (Wildman–Crippen MR) is 106 cm³/mol. The first-order chi connectivity index (χ1) is 13.3. The maximum atomic E-state index is 13.2. The van der Waals surface area contributed by atoms with Gasteiger partial charge < -0.3 is 4.74 Å². The van der Waals surface area contributed by atoms with Gasteiger partial charge in [-0.15, -0.1) is 0 Å². The Bertz CT molecular complexity index is 944. The molecule has 3 rings (SSSR count). The summed E-state index contributed by atoms with van der Waals surface area (Å²) in [6, 6.07) is 13.6. The lowest BCUT2D eigenvalue weighted by Gasteiger charge is -2.39. The second-order valence-corrected chi connectivity index (χ2v) is 10.1. The standard InChI is InChI=1S/C20H22ClNO5S/c1-14-3-2-12-20(28(14,25)26,13-19(23)22-24)15-4-8-17(9-5-15)27-18-10-6-16(21)7-11-18/h4-11,14,24H,2-3,12-13H2,1H3,(H,22,23). The Morgan fingerprint density at radius 2 is 1.75 bits per heavy atom. The molecule has 2 N–H and O–H groups in total. The van der Waals surface area contributed by atoms with Crippen LogP contribution in [0.3, 0.4) is 0 Å². The molecule has 1 fully saturated rings. The number of sulfone groups is 1. The van der Waals surface area contributed by atoms with Crippen molar-refractivity contribution >= 4 is 27.3 Å². The van der Waals surface area contributed by atoms with Crippen molar-refractivity contribution in [2.24, 2.45) is 0 Å². The lowest BCUT2D eigenvalue weighted by Crippen LogP contribution is -2.47. The average molecular weight is 424 g/mol. The molecule has 2 aromatic carbocycles. The molecule has 1 amide bonds. The van der Waals surface area contributed by atoms with E-state index >= 15 is 0 Å². The van der Waals surface area contributed by atoms with E-state index in [4.69, 9.17) is 21.5 Å². The molecule has 0 aliphatic carbocycles. The Morgan fingerprint density at radius 1 is 1.18 bits per heavy atom. The van der Waals surface area contributed by atoms with Crippen molar-refractivity contribution in [3.63, 3.8) is 0 Å². The van der Waals surface area contributed by atoms with Crippen LogP contribution in [0.1, 0.15) is 38.2 Å². The van der Waals surface area contributed by atoms with Gasteiger partial charge in [-0.2, -0.15) is 0 Å². The number of halogens is 1. The number of amides is 1. The minimum absolute atomic E-state index is 0.324. The van der Waals surface area contributed by atoms with Crippen molar-refractivity contribution in [1.82, 2.24) is 5.48 Å². The van der Waals surface area contributed by atoms with Crippen molar-refractivity contribution in [2.75, 3.05) is 0 Å². The topological polar surface area (TPSA) is 92.7 Å². The van der Waals surface area contributed by atoms with Crippen molar-refractivity contribution < 1.29 is 23.2 Å². The summed E-state index contributed by atoms with van der Waals surface area (Å²) >= 11 is 5.87. The molecule has 1 aliphatic heterocycles. The van der Waals surface area contributed by atoms with E-state index in [1.807, 2.05) is 0 Å². The monoisotopic (exact) mass is 423 g/mol. The van der Waals surface area contributed by atoms with Crippen LogP contribution in [0.4, 0.5) is 0 Å². The number of ether oxygens (including phenoxy) is 1. The van der Waals surface area contributed by atoms with Gasteiger partial charge in [-0.1, -0.05) is 30.2 Å². The van der Waals surface area contributed by atoms with Crippen LogP contribution >= 0.6 is 11.6 Å². The average Bonchev–Trinajstić information content (AvgIpc) is 2.68. The summed E-state index contributed by atoms with van der Waals surface area (Å²) in [5.41, 5.74) is 2.09. The zero-order chi connectivity index (χ0) is 20.4. The number of rotatable bonds is 5. The Morgan fingerprint density at radius 3 is 2.32 bits per heavy atom. The van der Waals surface area contributed by atoms with Gasteiger partial charge >= 0.3 is 0 Å². The van der Waals surface area contributed by atoms with E-state index in [2.05, 4.69) is 0 Å². The van der Waals surface area contributed by atoms with Gasteiger partial charge in [0.1, 0.15) is 16.2 Å². The highest BCUT2D eigenvalue weighted by Gasteiger charge is 2.51. The van der Waals surface area contributed by atoms with Crippen LogP contribution in [-0.2, 0) is 19.4 Å². The number of nitrogens with one attached hydrogen (secondary N) is 1. The minimum atomic E-state index is -3.63. The van der Waals surface area contributed by atoms with Gasteiger partial charge in [0.05, 0.1) is 11.7 Å². The number of hydrogen-bond donors (Lipinski definition) is 2. The summed E-state index contributed by atoms with van der Waals surface area (Å²) in [6.45, 7) is 1.66. The smallest absolute Gasteiger partial charge is 0.245 e. The Kier molecular flexibility index (Phi) is 5.98. The van der Waals surface area contributed by atoms with Gasteiger partial charge in [-0.25, -0.2) is 13.9 Å². The van der Waals surface area contributed by atoms with Gasteiger partial charge in [0.2, 0.25) is 5.91 Å². The van der Waals surface area contributed by atoms with Crippen molar-refractivity contribution in [2.45, 2.75) is 42.6 Å². The fraction of sp³-hybridized carbons (Fsp3) is 0.350. The molecule has 1 heterocycles. The first kappa shape index (κ1) is 20.6. The predicted octanol–water partition coefficient (Wildman–Crippen LogP) is 4.21. The quantitative estimate of drug-likeness (QED) is 0.555. The van der Waals surface area contributed by atoms with Crippen LogP contribution < -0.4 is 10.2 Å². The summed E-state index contributed by atoms with van der Waals surface area (Å²) in [6.07, 6.45) is 1.24. The fourth-order valence-electron chi connectivity index (χ4n) is 3.72. The summed E-state index contributed by atoms with van der Waals surface area (Å²) in [4.78, 5) is 11.9. The third kappa shape index (κ3) is 3.87. The molecule has 6 nitrogen and oxygen atoms in total. The van der Waals surface area contributed by atoms with E-state index in [-0.39, 0.29) is 6.42 Å². The van der Waals surface area contributed by atoms with E-state index in [9.17, 15) is 13.2 Å². The maximum absolute atomic E-state index is 13.2. The number of benzene rings is 2. The van der Waals surface area contributed by atoms with Gasteiger partial charge in [-0.05, 0) is 61.7 Å². The van der Waals surface area contributed by atoms with Crippen LogP contribution in [0.5, 0.6) is 11.5 Å². The number of hydrogen-bond acceptors (Lipinski definition) is 5. The van der Waals surface area contributed by atoms with Crippen LogP contribution in [-0.4, -0.2) is 24.8 Å². The number of carbonyl (C=O) groups is 1. The molecule has 8 heteroatoms. The van der Waals surface area contributed by atoms with E-state index in [0.29, 0.717) is 41.3 Å². The molecule has 1 saturated heterocycles. The van der Waals surface area contributed by atoms with E-state index in [1.165, 1.54) is 0 Å². The van der Waals surface area contributed by atoms with Crippen LogP contribution in [0, 0.1) is 0 Å². The van der Waals surface area contributed by atoms with E-state index in [1.54, 1.807) is 60.9 Å². The fourth-order valence-corrected chi connectivity index (χ4v) is 6.32. The number of hydroxylamine groups is 1. The molecule has 28 heavy (non-hydrogen) atoms. The second-order valence-electron chi connectivity index (χ2n) is 7.03. The summed E-state index contributed by atoms with van der Waals surface area (Å²) in [5.74, 6) is 0.415. The first-order valence-electron chi connectivity index (χ1n) is 8.99. The molecule has 150 valence electrons. The minimum Gasteiger partial charge on any atom is -0.457 e. The van der Waals surface area contributed by atoms with Crippen LogP contribution in [0.15, 0.2) is 48.5 Å². The summed E-state index contributed by atoms with van der Waals surface area (Å²) < 4.78 is 30.8. The third-order valence-corrected chi connectivity index (χ3v) is 8.49. The van der Waals surface area contributed by atoms with Gasteiger partial charge in [0.15, 0.2) is 9.84 Å². The molecule has 0 bridgehead atoms. The van der Waals surface area contributed by atoms with Crippen molar-refractivity contribution in [3.05, 3.63) is 59.1 Å². The van der Waals surface area contributed by atoms with Gasteiger partial charge in [-0.3, -0.25) is 10.0 Å². The van der Waals surface area contributed by atoms with Crippen molar-refractivity contribution in [1.29, 1.82) is 0 Å². The lowest BCUT2D eigenvalue weighted by molar-refractivity contribution is -0.130. The SMILES string of the molecule is CC1CCCC(CC(=O)NO)(c2ccc(Oc3ccc(Cl)cc3)cc2)S1(=O)=O. The summed E-state index contributed by atoms with van der Waals surface area (Å²) in [5, 5.41) is 9.01. The Hall–Kier alpha value is -2.09. The summed E-state index contributed by atoms with van der Waals surface area (Å²) in [7, 11) is -3.63. The molecular formula is C20H22ClNO5S. The van der Waals surface area contributed by atoms with Crippen molar-refractivity contribution in [3.8, 4) is 11.5 Å². The molecule has 2 unspecified atom stereocenters. The molecular weight excluding hydrogens is 402 g/mol. The highest BCUT2D eigenvalue weighted by Crippen LogP contribution is 2.46. The number of carbonyl (C=O) groups excluding carboxylic acids is 1. The Labute approximate surface area is 169 Å². The highest BCUT2D eigenvalue weighted by atomic mass is 35.5. The highest BCUT2D eigenvalue weighted by molar-refractivity contribution is 7.93. The van der Waals surface area contributed by atoms with E-state index < -0.39 is 25.7 Å². The van der Waals surface area contributed by atoms with Crippen LogP contribution in [0.2, 0.25) is 5.02 Å². The van der Waals surface area contributed by atoms with Crippen LogP contribution in [0.25, 0.3) is 0 Å². The van der Waals surface area contributed by atoms with Gasteiger partial charge in [0.25, 0.3) is 0 Å². The molecule has 0 saturated carbocycles. The lowest BCUT2D eigenvalue weighted by atomic mass is 9.88. The molecule has 2 aromatic rings. The molecule has 1 aliphatic rings. The van der Waals surface area contributed by atoms with E-state index in [0.717, 1.165) is 0 Å². The molecule has 0 spiro atoms. The van der Waals surface area contributed by atoms with Gasteiger partial charge in [0, 0.05) is 5.02 Å². The first-order valence-corrected chi connectivity index (χ1v) is 10.9. The molecule has 0 radical (unpaired) electrons. The third-order valence-electron chi connectivity index (χ3n) is 5.27. The zero-order valence-corrected chi connectivity index (χ0v) is 17.0. The molecule has 0 aromatic heterocycles. The zero-order valence-electron chi connectivity index (χ0n) is 15.4. The molecule has 2 atom stereocenters. The second kappa shape index (κ2) is 8.11.